The fraction of sp³-hybridized carbons (Fsp3) is 0.538. The van der Waals surface area contributed by atoms with Crippen LogP contribution in [0.1, 0.15) is 57.9 Å². The standard InChI is InChI=1S/C26H36O5/c1-19(2)31-26(30)13-9-4-3-8-12-22-23(25(29)18-24(22)28)17-16-21(27)15-14-20-10-6-5-7-11-20/h3,5-8,10-11,16-17,19,21-24,27-28H,4,9,12-15,18H2,1-2H3/b8-3+,17-16+. The Morgan fingerprint density at radius 1 is 1.23 bits per heavy atom. The van der Waals surface area contributed by atoms with Gasteiger partial charge in [0.2, 0.25) is 0 Å². The van der Waals surface area contributed by atoms with Crippen LogP contribution < -0.4 is 0 Å². The summed E-state index contributed by atoms with van der Waals surface area (Å²) in [4.78, 5) is 23.8. The van der Waals surface area contributed by atoms with Gasteiger partial charge in [-0.15, -0.1) is 0 Å². The van der Waals surface area contributed by atoms with Crippen molar-refractivity contribution >= 4 is 11.8 Å². The number of allylic oxidation sites excluding steroid dienone is 3. The Labute approximate surface area is 185 Å². The lowest BCUT2D eigenvalue weighted by atomic mass is 9.90. The Morgan fingerprint density at radius 3 is 2.68 bits per heavy atom. The average molecular weight is 429 g/mol. The molecule has 5 heteroatoms. The van der Waals surface area contributed by atoms with Crippen LogP contribution in [0.3, 0.4) is 0 Å². The molecule has 170 valence electrons. The van der Waals surface area contributed by atoms with Crippen LogP contribution in [0.25, 0.3) is 0 Å². The first-order valence-electron chi connectivity index (χ1n) is 11.3. The summed E-state index contributed by atoms with van der Waals surface area (Å²) in [7, 11) is 0. The van der Waals surface area contributed by atoms with Crippen molar-refractivity contribution in [3.8, 4) is 0 Å². The van der Waals surface area contributed by atoms with E-state index in [1.54, 1.807) is 12.2 Å². The van der Waals surface area contributed by atoms with Crippen molar-refractivity contribution in [2.75, 3.05) is 0 Å². The molecule has 0 radical (unpaired) electrons. The molecule has 4 unspecified atom stereocenters. The molecule has 1 saturated carbocycles. The van der Waals surface area contributed by atoms with Crippen LogP contribution in [0.5, 0.6) is 0 Å². The van der Waals surface area contributed by atoms with Gasteiger partial charge in [0.15, 0.2) is 0 Å². The van der Waals surface area contributed by atoms with Crippen LogP contribution in [0.4, 0.5) is 0 Å². The fourth-order valence-electron chi connectivity index (χ4n) is 3.89. The lowest BCUT2D eigenvalue weighted by Crippen LogP contribution is -2.19. The van der Waals surface area contributed by atoms with E-state index in [1.165, 1.54) is 5.56 Å². The monoisotopic (exact) mass is 428 g/mol. The summed E-state index contributed by atoms with van der Waals surface area (Å²) in [5, 5.41) is 20.6. The minimum Gasteiger partial charge on any atom is -0.463 e. The number of rotatable bonds is 12. The SMILES string of the molecule is CC(C)OC(=O)CCC/C=C/CC1C(O)CC(=O)C1/C=C/C(O)CCc1ccccc1. The zero-order valence-electron chi connectivity index (χ0n) is 18.7. The number of aliphatic hydroxyl groups is 2. The highest BCUT2D eigenvalue weighted by Crippen LogP contribution is 2.33. The van der Waals surface area contributed by atoms with Gasteiger partial charge in [-0.3, -0.25) is 9.59 Å². The van der Waals surface area contributed by atoms with Crippen LogP contribution in [-0.4, -0.2) is 40.3 Å². The topological polar surface area (TPSA) is 83.8 Å². The zero-order chi connectivity index (χ0) is 22.6. The molecule has 31 heavy (non-hydrogen) atoms. The van der Waals surface area contributed by atoms with Gasteiger partial charge in [0.25, 0.3) is 0 Å². The van der Waals surface area contributed by atoms with Crippen LogP contribution in [0.2, 0.25) is 0 Å². The van der Waals surface area contributed by atoms with Gasteiger partial charge >= 0.3 is 5.97 Å². The van der Waals surface area contributed by atoms with E-state index in [1.807, 2.05) is 56.3 Å². The molecule has 0 spiro atoms. The first-order chi connectivity index (χ1) is 14.9. The molecule has 1 aromatic rings. The number of hydrogen-bond donors (Lipinski definition) is 2. The third-order valence-corrected chi connectivity index (χ3v) is 5.54. The highest BCUT2D eigenvalue weighted by atomic mass is 16.5. The molecule has 2 rings (SSSR count). The molecule has 1 aliphatic rings. The molecule has 0 amide bonds. The molecule has 0 aromatic heterocycles. The largest absolute Gasteiger partial charge is 0.463 e. The number of esters is 1. The maximum atomic E-state index is 12.3. The van der Waals surface area contributed by atoms with Gasteiger partial charge < -0.3 is 14.9 Å². The number of benzene rings is 1. The summed E-state index contributed by atoms with van der Waals surface area (Å²) in [6.07, 6.45) is 10.0. The number of aryl methyl sites for hydroxylation is 1. The molecule has 1 fully saturated rings. The summed E-state index contributed by atoms with van der Waals surface area (Å²) in [5.74, 6) is -0.704. The number of ether oxygens (including phenoxy) is 1. The third-order valence-electron chi connectivity index (χ3n) is 5.54. The maximum Gasteiger partial charge on any atom is 0.306 e. The van der Waals surface area contributed by atoms with Crippen LogP contribution in [0.15, 0.2) is 54.6 Å². The van der Waals surface area contributed by atoms with Gasteiger partial charge in [-0.05, 0) is 51.5 Å². The number of Topliss-reactive ketones (excluding diaryl/α,β-unsaturated/α-hetero) is 1. The van der Waals surface area contributed by atoms with Crippen molar-refractivity contribution in [1.82, 2.24) is 0 Å². The van der Waals surface area contributed by atoms with E-state index in [-0.39, 0.29) is 36.1 Å². The summed E-state index contributed by atoms with van der Waals surface area (Å²) in [6.45, 7) is 3.66. The van der Waals surface area contributed by atoms with E-state index in [4.69, 9.17) is 4.74 Å². The van der Waals surface area contributed by atoms with Gasteiger partial charge in [-0.25, -0.2) is 0 Å². The molecule has 0 aliphatic heterocycles. The number of ketones is 1. The first-order valence-corrected chi connectivity index (χ1v) is 11.3. The smallest absolute Gasteiger partial charge is 0.306 e. The lowest BCUT2D eigenvalue weighted by Gasteiger charge is -2.17. The summed E-state index contributed by atoms with van der Waals surface area (Å²) < 4.78 is 5.10. The number of aliphatic hydroxyl groups excluding tert-OH is 2. The molecule has 5 nitrogen and oxygen atoms in total. The first kappa shape index (κ1) is 25.0. The number of carbonyl (C=O) groups is 2. The van der Waals surface area contributed by atoms with E-state index < -0.39 is 12.2 Å². The third kappa shape index (κ3) is 9.19. The fourth-order valence-corrected chi connectivity index (χ4v) is 3.89. The highest BCUT2D eigenvalue weighted by molar-refractivity contribution is 5.86. The summed E-state index contributed by atoms with van der Waals surface area (Å²) in [5.41, 5.74) is 1.17. The molecule has 4 atom stereocenters. The normalized spacial score (nSPS) is 22.6. The Hall–Kier alpha value is -2.24. The van der Waals surface area contributed by atoms with E-state index in [2.05, 4.69) is 0 Å². The molecule has 2 N–H and O–H groups in total. The number of carbonyl (C=O) groups excluding carboxylic acids is 2. The minimum atomic E-state index is -0.658. The quantitative estimate of drug-likeness (QED) is 0.297. The van der Waals surface area contributed by atoms with E-state index in [0.29, 0.717) is 25.7 Å². The summed E-state index contributed by atoms with van der Waals surface area (Å²) in [6, 6.07) is 9.98. The molecule has 0 heterocycles. The van der Waals surface area contributed by atoms with Gasteiger partial charge in [0.05, 0.1) is 18.3 Å². The van der Waals surface area contributed by atoms with E-state index in [9.17, 15) is 19.8 Å². The van der Waals surface area contributed by atoms with Gasteiger partial charge in [0.1, 0.15) is 5.78 Å². The van der Waals surface area contributed by atoms with Crippen LogP contribution in [-0.2, 0) is 20.7 Å². The Balaban J connectivity index is 1.77. The van der Waals surface area contributed by atoms with E-state index in [0.717, 1.165) is 12.8 Å². The second-order valence-corrected chi connectivity index (χ2v) is 8.54. The maximum absolute atomic E-state index is 12.3. The number of unbranched alkanes of at least 4 members (excludes halogenated alkanes) is 1. The number of hydrogen-bond acceptors (Lipinski definition) is 5. The second-order valence-electron chi connectivity index (χ2n) is 8.54. The highest BCUT2D eigenvalue weighted by Gasteiger charge is 2.39. The Morgan fingerprint density at radius 2 is 1.97 bits per heavy atom. The Bertz CT molecular complexity index is 737. The van der Waals surface area contributed by atoms with Crippen molar-refractivity contribution in [1.29, 1.82) is 0 Å². The van der Waals surface area contributed by atoms with Gasteiger partial charge in [0, 0.05) is 24.7 Å². The lowest BCUT2D eigenvalue weighted by molar-refractivity contribution is -0.147. The van der Waals surface area contributed by atoms with Crippen molar-refractivity contribution in [3.63, 3.8) is 0 Å². The molecule has 0 saturated heterocycles. The second kappa shape index (κ2) is 13.2. The van der Waals surface area contributed by atoms with Gasteiger partial charge in [-0.1, -0.05) is 54.6 Å². The van der Waals surface area contributed by atoms with Crippen molar-refractivity contribution in [2.45, 2.75) is 77.1 Å². The van der Waals surface area contributed by atoms with Crippen LogP contribution in [0, 0.1) is 11.8 Å². The molecular formula is C26H36O5. The van der Waals surface area contributed by atoms with Crippen LogP contribution >= 0.6 is 0 Å². The van der Waals surface area contributed by atoms with Crippen molar-refractivity contribution in [2.24, 2.45) is 11.8 Å². The zero-order valence-corrected chi connectivity index (χ0v) is 18.7. The molecule has 1 aromatic carbocycles. The van der Waals surface area contributed by atoms with Gasteiger partial charge in [-0.2, -0.15) is 0 Å². The van der Waals surface area contributed by atoms with E-state index >= 15 is 0 Å². The Kier molecular flexibility index (Phi) is 10.7. The molecular weight excluding hydrogens is 392 g/mol. The summed E-state index contributed by atoms with van der Waals surface area (Å²) >= 11 is 0. The average Bonchev–Trinajstić information content (AvgIpc) is 3.00. The predicted molar refractivity (Wildman–Crippen MR) is 121 cm³/mol. The van der Waals surface area contributed by atoms with Crippen molar-refractivity contribution in [3.05, 3.63) is 60.2 Å². The predicted octanol–water partition coefficient (Wildman–Crippen LogP) is 4.17. The van der Waals surface area contributed by atoms with Crippen molar-refractivity contribution < 1.29 is 24.5 Å². The minimum absolute atomic E-state index is 0.0221. The molecule has 0 bridgehead atoms. The molecule has 1 aliphatic carbocycles.